The molecule has 0 aromatic carbocycles. The largest absolute Gasteiger partial charge is 0.386 e. The highest BCUT2D eigenvalue weighted by atomic mass is 32.1. The molecule has 1 amide bonds. The first-order chi connectivity index (χ1) is 11.1. The van der Waals surface area contributed by atoms with Gasteiger partial charge in [-0.15, -0.1) is 0 Å². The molecule has 3 heterocycles. The van der Waals surface area contributed by atoms with E-state index in [1.54, 1.807) is 36.6 Å². The van der Waals surface area contributed by atoms with Crippen LogP contribution < -0.4 is 4.90 Å². The first-order valence-electron chi connectivity index (χ1n) is 7.58. The number of aliphatic hydroxyl groups is 1. The summed E-state index contributed by atoms with van der Waals surface area (Å²) in [5.41, 5.74) is -0.265. The maximum Gasteiger partial charge on any atom is 0.254 e. The summed E-state index contributed by atoms with van der Waals surface area (Å²) in [7, 11) is 1.74. The highest BCUT2D eigenvalue weighted by Gasteiger charge is 2.36. The third-order valence-corrected chi connectivity index (χ3v) is 4.76. The standard InChI is InChI=1S/C16H20N4O2S/c1-19(15(21)13-3-8-23-10-13)11-16(22)4-2-7-20(12-16)14-9-17-5-6-18-14/h3,5-6,8-10,22H,2,4,7,11-12H2,1H3/t16-/m0/s1. The second-order valence-electron chi connectivity index (χ2n) is 5.99. The van der Waals surface area contributed by atoms with Crippen molar-refractivity contribution in [2.75, 3.05) is 31.6 Å². The number of β-amino-alcohol motifs (C(OH)–C–C–N with tert-alkyl or cyclic N) is 1. The minimum Gasteiger partial charge on any atom is -0.386 e. The van der Waals surface area contributed by atoms with Crippen LogP contribution in [0.25, 0.3) is 0 Å². The fourth-order valence-corrected chi connectivity index (χ4v) is 3.64. The number of hydrogen-bond donors (Lipinski definition) is 1. The van der Waals surface area contributed by atoms with Gasteiger partial charge in [-0.2, -0.15) is 11.3 Å². The molecule has 0 aliphatic carbocycles. The molecule has 1 atom stereocenters. The van der Waals surface area contributed by atoms with Gasteiger partial charge in [0.05, 0.1) is 23.9 Å². The Kier molecular flexibility index (Phi) is 4.58. The Hall–Kier alpha value is -1.99. The minimum atomic E-state index is -0.934. The Morgan fingerprint density at radius 3 is 3.09 bits per heavy atom. The third-order valence-electron chi connectivity index (χ3n) is 4.08. The van der Waals surface area contributed by atoms with Crippen molar-refractivity contribution in [3.05, 3.63) is 41.0 Å². The van der Waals surface area contributed by atoms with E-state index in [1.165, 1.54) is 11.3 Å². The summed E-state index contributed by atoms with van der Waals surface area (Å²) in [6, 6.07) is 1.81. The van der Waals surface area contributed by atoms with Gasteiger partial charge in [-0.1, -0.05) is 0 Å². The van der Waals surface area contributed by atoms with Gasteiger partial charge in [-0.25, -0.2) is 4.98 Å². The summed E-state index contributed by atoms with van der Waals surface area (Å²) in [5.74, 6) is 0.703. The van der Waals surface area contributed by atoms with Crippen molar-refractivity contribution in [1.82, 2.24) is 14.9 Å². The lowest BCUT2D eigenvalue weighted by molar-refractivity contribution is -0.000130. The predicted octanol–water partition coefficient (Wildman–Crippen LogP) is 1.64. The van der Waals surface area contributed by atoms with E-state index in [0.29, 0.717) is 25.1 Å². The topological polar surface area (TPSA) is 69.6 Å². The molecule has 23 heavy (non-hydrogen) atoms. The Bertz CT molecular complexity index is 649. The lowest BCUT2D eigenvalue weighted by Gasteiger charge is -2.41. The molecule has 6 nitrogen and oxygen atoms in total. The number of thiophene rings is 1. The van der Waals surface area contributed by atoms with E-state index in [2.05, 4.69) is 9.97 Å². The monoisotopic (exact) mass is 332 g/mol. The van der Waals surface area contributed by atoms with Gasteiger partial charge in [-0.3, -0.25) is 9.78 Å². The van der Waals surface area contributed by atoms with Gasteiger partial charge >= 0.3 is 0 Å². The average molecular weight is 332 g/mol. The number of carbonyl (C=O) groups is 1. The molecule has 2 aromatic rings. The minimum absolute atomic E-state index is 0.0590. The zero-order valence-electron chi connectivity index (χ0n) is 13.1. The predicted molar refractivity (Wildman–Crippen MR) is 89.7 cm³/mol. The van der Waals surface area contributed by atoms with Crippen LogP contribution in [0.1, 0.15) is 23.2 Å². The van der Waals surface area contributed by atoms with E-state index in [0.717, 1.165) is 18.8 Å². The second kappa shape index (κ2) is 6.64. The summed E-state index contributed by atoms with van der Waals surface area (Å²) in [6.45, 7) is 1.59. The lowest BCUT2D eigenvalue weighted by Crippen LogP contribution is -2.54. The first-order valence-corrected chi connectivity index (χ1v) is 8.53. The van der Waals surface area contributed by atoms with E-state index in [9.17, 15) is 9.90 Å². The molecule has 1 aliphatic heterocycles. The molecular weight excluding hydrogens is 312 g/mol. The second-order valence-corrected chi connectivity index (χ2v) is 6.77. The van der Waals surface area contributed by atoms with Gasteiger partial charge in [-0.05, 0) is 24.3 Å². The van der Waals surface area contributed by atoms with Crippen molar-refractivity contribution in [1.29, 1.82) is 0 Å². The van der Waals surface area contributed by atoms with Crippen LogP contribution in [0.5, 0.6) is 0 Å². The zero-order valence-corrected chi connectivity index (χ0v) is 13.9. The van der Waals surface area contributed by atoms with Crippen molar-refractivity contribution in [3.8, 4) is 0 Å². The zero-order chi connectivity index (χ0) is 16.3. The summed E-state index contributed by atoms with van der Waals surface area (Å²) < 4.78 is 0. The van der Waals surface area contributed by atoms with Crippen molar-refractivity contribution in [3.63, 3.8) is 0 Å². The number of rotatable bonds is 4. The Morgan fingerprint density at radius 1 is 1.52 bits per heavy atom. The lowest BCUT2D eigenvalue weighted by atomic mass is 9.92. The van der Waals surface area contributed by atoms with Crippen LogP contribution in [0.4, 0.5) is 5.82 Å². The maximum absolute atomic E-state index is 12.4. The molecule has 1 saturated heterocycles. The molecular formula is C16H20N4O2S. The van der Waals surface area contributed by atoms with Crippen molar-refractivity contribution in [2.45, 2.75) is 18.4 Å². The molecule has 0 spiro atoms. The van der Waals surface area contributed by atoms with Crippen LogP contribution in [-0.4, -0.2) is 58.2 Å². The molecule has 0 radical (unpaired) electrons. The smallest absolute Gasteiger partial charge is 0.254 e. The van der Waals surface area contributed by atoms with Crippen molar-refractivity contribution >= 4 is 23.1 Å². The molecule has 1 fully saturated rings. The van der Waals surface area contributed by atoms with E-state index in [1.807, 2.05) is 15.7 Å². The van der Waals surface area contributed by atoms with E-state index in [4.69, 9.17) is 0 Å². The molecule has 0 saturated carbocycles. The Balaban J connectivity index is 1.67. The van der Waals surface area contributed by atoms with Crippen LogP contribution in [0.2, 0.25) is 0 Å². The molecule has 0 bridgehead atoms. The molecule has 1 N–H and O–H groups in total. The van der Waals surface area contributed by atoms with Crippen LogP contribution in [0.15, 0.2) is 35.4 Å². The maximum atomic E-state index is 12.4. The van der Waals surface area contributed by atoms with Gasteiger partial charge in [0.2, 0.25) is 0 Å². The van der Waals surface area contributed by atoms with Crippen LogP contribution in [0, 0.1) is 0 Å². The first kappa shape index (κ1) is 15.9. The molecule has 2 aromatic heterocycles. The Morgan fingerprint density at radius 2 is 2.39 bits per heavy atom. The molecule has 7 heteroatoms. The number of hydrogen-bond acceptors (Lipinski definition) is 6. The highest BCUT2D eigenvalue weighted by Crippen LogP contribution is 2.25. The van der Waals surface area contributed by atoms with Crippen LogP contribution in [-0.2, 0) is 0 Å². The van der Waals surface area contributed by atoms with Gasteiger partial charge in [0.1, 0.15) is 5.82 Å². The van der Waals surface area contributed by atoms with Gasteiger partial charge < -0.3 is 14.9 Å². The summed E-state index contributed by atoms with van der Waals surface area (Å²) >= 11 is 1.49. The fourth-order valence-electron chi connectivity index (χ4n) is 3.01. The third kappa shape index (κ3) is 3.68. The summed E-state index contributed by atoms with van der Waals surface area (Å²) in [6.07, 6.45) is 6.51. The molecule has 3 rings (SSSR count). The number of anilines is 1. The average Bonchev–Trinajstić information content (AvgIpc) is 3.09. The quantitative estimate of drug-likeness (QED) is 0.922. The van der Waals surface area contributed by atoms with E-state index < -0.39 is 5.60 Å². The number of piperidine rings is 1. The Labute approximate surface area is 139 Å². The number of likely N-dealkylation sites (N-methyl/N-ethyl adjacent to an activating group) is 1. The number of aromatic nitrogens is 2. The van der Waals surface area contributed by atoms with Crippen LogP contribution >= 0.6 is 11.3 Å². The SMILES string of the molecule is CN(C[C@@]1(O)CCCN(c2cnccn2)C1)C(=O)c1ccsc1. The molecule has 122 valence electrons. The van der Waals surface area contributed by atoms with E-state index in [-0.39, 0.29) is 5.91 Å². The van der Waals surface area contributed by atoms with Gasteiger partial charge in [0, 0.05) is 37.9 Å². The number of nitrogens with zero attached hydrogens (tertiary/aromatic N) is 4. The fraction of sp³-hybridized carbons (Fsp3) is 0.438. The number of carbonyl (C=O) groups excluding carboxylic acids is 1. The van der Waals surface area contributed by atoms with Crippen molar-refractivity contribution < 1.29 is 9.90 Å². The highest BCUT2D eigenvalue weighted by molar-refractivity contribution is 7.08. The normalized spacial score (nSPS) is 21.2. The molecule has 1 aliphatic rings. The van der Waals surface area contributed by atoms with Crippen molar-refractivity contribution in [2.24, 2.45) is 0 Å². The van der Waals surface area contributed by atoms with E-state index >= 15 is 0 Å². The van der Waals surface area contributed by atoms with Gasteiger partial charge in [0.15, 0.2) is 0 Å². The molecule has 0 unspecified atom stereocenters. The number of amides is 1. The summed E-state index contributed by atoms with van der Waals surface area (Å²) in [5, 5.41) is 14.6. The van der Waals surface area contributed by atoms with Gasteiger partial charge in [0.25, 0.3) is 5.91 Å². The van der Waals surface area contributed by atoms with Crippen LogP contribution in [0.3, 0.4) is 0 Å². The summed E-state index contributed by atoms with van der Waals surface area (Å²) in [4.78, 5) is 24.4.